The molecule has 1 aromatic carbocycles. The first-order valence-electron chi connectivity index (χ1n) is 13.6. The zero-order valence-corrected chi connectivity index (χ0v) is 24.3. The smallest absolute Gasteiger partial charge is 0.163 e. The minimum absolute atomic E-state index is 0.103. The monoisotopic (exact) mass is 536 g/mol. The van der Waals surface area contributed by atoms with Gasteiger partial charge in [-0.1, -0.05) is 44.2 Å². The zero-order chi connectivity index (χ0) is 25.9. The van der Waals surface area contributed by atoms with Crippen molar-refractivity contribution in [2.75, 3.05) is 11.5 Å². The summed E-state index contributed by atoms with van der Waals surface area (Å²) < 4.78 is 8.28. The van der Waals surface area contributed by atoms with Gasteiger partial charge < -0.3 is 14.2 Å². The molecular weight excluding hydrogens is 500 g/mol. The number of hydrogen-bond acceptors (Lipinski definition) is 6. The molecule has 196 valence electrons. The minimum atomic E-state index is -1.17. The third-order valence-corrected chi connectivity index (χ3v) is 10.1. The van der Waals surface area contributed by atoms with E-state index in [0.29, 0.717) is 23.8 Å². The normalized spacial score (nSPS) is 24.9. The maximum atomic E-state index is 6.91. The van der Waals surface area contributed by atoms with Crippen LogP contribution in [0.1, 0.15) is 39.5 Å². The summed E-state index contributed by atoms with van der Waals surface area (Å²) in [6.45, 7) is 12.7. The van der Waals surface area contributed by atoms with Crippen molar-refractivity contribution >= 4 is 36.7 Å². The molecule has 2 aromatic heterocycles. The Morgan fingerprint density at radius 2 is 1.81 bits per heavy atom. The van der Waals surface area contributed by atoms with E-state index in [0.717, 1.165) is 57.4 Å². The summed E-state index contributed by atoms with van der Waals surface area (Å²) in [7, 11) is -1.17. The molecule has 7 nitrogen and oxygen atoms in total. The summed E-state index contributed by atoms with van der Waals surface area (Å²) in [5, 5.41) is 2.24. The van der Waals surface area contributed by atoms with Crippen LogP contribution in [0.15, 0.2) is 34.5 Å². The van der Waals surface area contributed by atoms with Crippen LogP contribution in [0, 0.1) is 5.92 Å². The molecule has 6 rings (SSSR count). The summed E-state index contributed by atoms with van der Waals surface area (Å²) in [5.41, 5.74) is 3.57. The molecule has 0 amide bonds. The van der Waals surface area contributed by atoms with E-state index in [1.807, 2.05) is 25.3 Å². The third kappa shape index (κ3) is 4.72. The average Bonchev–Trinajstić information content (AvgIpc) is 3.48. The number of ether oxygens (including phenoxy) is 1. The van der Waals surface area contributed by atoms with Crippen molar-refractivity contribution in [3.63, 3.8) is 0 Å². The molecule has 5 heterocycles. The van der Waals surface area contributed by atoms with E-state index in [1.54, 1.807) is 0 Å². The molecule has 3 aliphatic heterocycles. The van der Waals surface area contributed by atoms with Crippen LogP contribution in [0.2, 0.25) is 30.7 Å². The molecule has 0 aliphatic carbocycles. The predicted octanol–water partition coefficient (Wildman–Crippen LogP) is 5.43. The minimum Gasteiger partial charge on any atom is -0.361 e. The molecule has 3 aliphatic rings. The number of aromatic nitrogens is 3. The van der Waals surface area contributed by atoms with E-state index in [9.17, 15) is 0 Å². The van der Waals surface area contributed by atoms with Crippen LogP contribution in [-0.4, -0.2) is 47.5 Å². The standard InChI is InChI=1S/C28H37ClN6OSi/c1-17-12-19-6-7-20(13-17)35(19)24-14-30-26-22(21-8-9-23-27(25(21)29)32-18(2)31-23)15-34(28(26)33-24)16-36-10-11-37(3,4)5/h8-9,14-15,17-20H,6-7,10-13,16H2,1-5H3/t17?,18?,19-,20+. The van der Waals surface area contributed by atoms with Crippen LogP contribution >= 0.6 is 11.6 Å². The van der Waals surface area contributed by atoms with Gasteiger partial charge in [0.2, 0.25) is 0 Å². The number of fused-ring (bicyclic) bond motifs is 4. The lowest BCUT2D eigenvalue weighted by Gasteiger charge is -2.38. The lowest BCUT2D eigenvalue weighted by molar-refractivity contribution is 0.0899. The van der Waals surface area contributed by atoms with Gasteiger partial charge in [0.05, 0.1) is 16.6 Å². The van der Waals surface area contributed by atoms with Gasteiger partial charge >= 0.3 is 0 Å². The quantitative estimate of drug-likeness (QED) is 0.298. The fraction of sp³-hybridized carbons (Fsp3) is 0.571. The molecule has 37 heavy (non-hydrogen) atoms. The average molecular weight is 537 g/mol. The Bertz CT molecular complexity index is 1450. The van der Waals surface area contributed by atoms with Crippen LogP contribution in [0.3, 0.4) is 0 Å². The van der Waals surface area contributed by atoms with Crippen molar-refractivity contribution in [1.82, 2.24) is 14.5 Å². The second kappa shape index (κ2) is 9.47. The van der Waals surface area contributed by atoms with Crippen LogP contribution in [0.5, 0.6) is 0 Å². The molecule has 2 bridgehead atoms. The molecule has 2 fully saturated rings. The zero-order valence-electron chi connectivity index (χ0n) is 22.5. The first kappa shape index (κ1) is 25.0. The number of nitrogens with zero attached hydrogens (tertiary/aromatic N) is 6. The highest BCUT2D eigenvalue weighted by Crippen LogP contribution is 2.41. The number of hydrogen-bond donors (Lipinski definition) is 0. The SMILES string of the molecule is CC1C[C@H]2CC[C@@H](C1)N2c1cnc2c(-c3ccc4c(c3Cl)=NC(C)N=4)cn(COCC[Si](C)(C)C)c2n1. The highest BCUT2D eigenvalue weighted by atomic mass is 35.5. The first-order chi connectivity index (χ1) is 17.7. The van der Waals surface area contributed by atoms with Gasteiger partial charge in [-0.15, -0.1) is 0 Å². The van der Waals surface area contributed by atoms with E-state index in [2.05, 4.69) is 52.2 Å². The highest BCUT2D eigenvalue weighted by molar-refractivity contribution is 6.76. The molecule has 3 aromatic rings. The van der Waals surface area contributed by atoms with Gasteiger partial charge in [0.1, 0.15) is 29.6 Å². The van der Waals surface area contributed by atoms with Crippen molar-refractivity contribution in [1.29, 1.82) is 0 Å². The lowest BCUT2D eigenvalue weighted by Crippen LogP contribution is -2.43. The van der Waals surface area contributed by atoms with E-state index in [4.69, 9.17) is 26.3 Å². The third-order valence-electron chi connectivity index (χ3n) is 8.04. The molecule has 0 N–H and O–H groups in total. The Balaban J connectivity index is 1.41. The Labute approximate surface area is 224 Å². The van der Waals surface area contributed by atoms with Crippen molar-refractivity contribution in [2.45, 2.75) is 90.2 Å². The second-order valence-corrected chi connectivity index (χ2v) is 18.3. The molecule has 2 unspecified atom stereocenters. The first-order valence-corrected chi connectivity index (χ1v) is 17.7. The van der Waals surface area contributed by atoms with Gasteiger partial charge in [-0.25, -0.2) is 9.97 Å². The number of rotatable bonds is 7. The van der Waals surface area contributed by atoms with E-state index in [-0.39, 0.29) is 6.17 Å². The number of benzene rings is 1. The Kier molecular flexibility index (Phi) is 6.40. The van der Waals surface area contributed by atoms with Crippen LogP contribution in [-0.2, 0) is 11.5 Å². The van der Waals surface area contributed by atoms with Gasteiger partial charge in [0.25, 0.3) is 0 Å². The van der Waals surface area contributed by atoms with E-state index in [1.165, 1.54) is 25.7 Å². The molecular formula is C28H37ClN6OSi. The fourth-order valence-corrected chi connectivity index (χ4v) is 7.30. The van der Waals surface area contributed by atoms with Crippen molar-refractivity contribution in [2.24, 2.45) is 15.9 Å². The lowest BCUT2D eigenvalue weighted by atomic mass is 9.92. The maximum absolute atomic E-state index is 6.91. The molecule has 9 heteroatoms. The fourth-order valence-electron chi connectivity index (χ4n) is 6.23. The number of piperidine rings is 1. The summed E-state index contributed by atoms with van der Waals surface area (Å²) >= 11 is 6.91. The topological polar surface area (TPSA) is 67.9 Å². The van der Waals surface area contributed by atoms with Crippen molar-refractivity contribution in [3.8, 4) is 11.1 Å². The Morgan fingerprint density at radius 1 is 1.05 bits per heavy atom. The highest BCUT2D eigenvalue weighted by Gasteiger charge is 2.40. The van der Waals surface area contributed by atoms with Crippen molar-refractivity contribution < 1.29 is 4.74 Å². The van der Waals surface area contributed by atoms with Crippen LogP contribution in [0.4, 0.5) is 5.82 Å². The van der Waals surface area contributed by atoms with Crippen LogP contribution in [0.25, 0.3) is 22.3 Å². The summed E-state index contributed by atoms with van der Waals surface area (Å²) in [5.74, 6) is 1.77. The van der Waals surface area contributed by atoms with Gasteiger partial charge in [0, 0.05) is 44.1 Å². The summed E-state index contributed by atoms with van der Waals surface area (Å²) in [4.78, 5) is 22.0. The molecule has 4 atom stereocenters. The largest absolute Gasteiger partial charge is 0.361 e. The van der Waals surface area contributed by atoms with Gasteiger partial charge in [-0.3, -0.25) is 9.98 Å². The predicted molar refractivity (Wildman–Crippen MR) is 152 cm³/mol. The Hall–Kier alpha value is -2.29. The summed E-state index contributed by atoms with van der Waals surface area (Å²) in [6.07, 6.45) is 8.93. The number of anilines is 1. The van der Waals surface area contributed by atoms with E-state index >= 15 is 0 Å². The van der Waals surface area contributed by atoms with Crippen LogP contribution < -0.4 is 15.6 Å². The van der Waals surface area contributed by atoms with Gasteiger partial charge in [0.15, 0.2) is 5.65 Å². The molecule has 2 saturated heterocycles. The molecule has 0 spiro atoms. The van der Waals surface area contributed by atoms with Gasteiger partial charge in [-0.2, -0.15) is 0 Å². The maximum Gasteiger partial charge on any atom is 0.163 e. The van der Waals surface area contributed by atoms with Gasteiger partial charge in [-0.05, 0) is 50.6 Å². The van der Waals surface area contributed by atoms with E-state index < -0.39 is 8.07 Å². The second-order valence-electron chi connectivity index (χ2n) is 12.3. The van der Waals surface area contributed by atoms with Crippen molar-refractivity contribution in [3.05, 3.63) is 40.3 Å². The molecule has 0 saturated carbocycles. The molecule has 0 radical (unpaired) electrons. The Morgan fingerprint density at radius 3 is 2.54 bits per heavy atom. The summed E-state index contributed by atoms with van der Waals surface area (Å²) in [6, 6.07) is 6.30. The number of halogens is 1.